The molecule has 0 spiro atoms. The van der Waals surface area contributed by atoms with Crippen molar-refractivity contribution in [1.82, 2.24) is 5.32 Å². The highest BCUT2D eigenvalue weighted by Crippen LogP contribution is 2.15. The van der Waals surface area contributed by atoms with Crippen molar-refractivity contribution in [1.29, 1.82) is 0 Å². The van der Waals surface area contributed by atoms with Crippen LogP contribution in [0.5, 0.6) is 0 Å². The molecule has 0 aliphatic rings. The van der Waals surface area contributed by atoms with Crippen LogP contribution in [0.4, 0.5) is 4.39 Å². The fourth-order valence-electron chi connectivity index (χ4n) is 1.33. The van der Waals surface area contributed by atoms with Crippen LogP contribution in [0.3, 0.4) is 0 Å². The van der Waals surface area contributed by atoms with Crippen LogP contribution < -0.4 is 5.32 Å². The molecule has 1 aromatic carbocycles. The summed E-state index contributed by atoms with van der Waals surface area (Å²) in [4.78, 5) is 0. The van der Waals surface area contributed by atoms with E-state index in [1.54, 1.807) is 0 Å². The monoisotopic (exact) mass is 307 g/mol. The molecule has 0 bridgehead atoms. The van der Waals surface area contributed by atoms with Crippen LogP contribution in [-0.2, 0) is 6.54 Å². The second-order valence-electron chi connectivity index (χ2n) is 4.08. The summed E-state index contributed by atoms with van der Waals surface area (Å²) in [5.41, 5.74) is 0.931. The van der Waals surface area contributed by atoms with Gasteiger partial charge >= 0.3 is 0 Å². The van der Waals surface area contributed by atoms with Gasteiger partial charge in [-0.05, 0) is 36.6 Å². The molecule has 1 rings (SSSR count). The Bertz CT molecular complexity index is 326. The second kappa shape index (κ2) is 6.58. The molecule has 0 aliphatic heterocycles. The maximum Gasteiger partial charge on any atom is 0.124 e. The van der Waals surface area contributed by atoms with Gasteiger partial charge in [-0.15, -0.1) is 11.6 Å². The van der Waals surface area contributed by atoms with E-state index in [1.165, 1.54) is 12.1 Å². The van der Waals surface area contributed by atoms with Crippen LogP contribution in [-0.4, -0.2) is 11.9 Å². The number of nitrogens with one attached hydrogen (secondary N) is 1. The standard InChI is InChI=1S/C12H16BrClFN/c1-8(6-14)9(2)16-7-10-3-11(13)5-12(15)4-10/h3-5,8-9,16H,6-7H2,1-2H3. The Balaban J connectivity index is 2.54. The van der Waals surface area contributed by atoms with Crippen molar-refractivity contribution < 1.29 is 4.39 Å². The van der Waals surface area contributed by atoms with Crippen molar-refractivity contribution in [2.45, 2.75) is 26.4 Å². The molecule has 0 saturated carbocycles. The quantitative estimate of drug-likeness (QED) is 0.812. The van der Waals surface area contributed by atoms with E-state index in [9.17, 15) is 4.39 Å². The predicted octanol–water partition coefficient (Wildman–Crippen LogP) is 3.94. The van der Waals surface area contributed by atoms with E-state index in [0.717, 1.165) is 10.0 Å². The van der Waals surface area contributed by atoms with Crippen molar-refractivity contribution in [3.8, 4) is 0 Å². The van der Waals surface area contributed by atoms with Crippen LogP contribution in [0.25, 0.3) is 0 Å². The largest absolute Gasteiger partial charge is 0.310 e. The molecule has 0 radical (unpaired) electrons. The highest BCUT2D eigenvalue weighted by Gasteiger charge is 2.10. The van der Waals surface area contributed by atoms with Crippen LogP contribution >= 0.6 is 27.5 Å². The summed E-state index contributed by atoms with van der Waals surface area (Å²) >= 11 is 9.05. The van der Waals surface area contributed by atoms with Gasteiger partial charge < -0.3 is 5.32 Å². The van der Waals surface area contributed by atoms with E-state index < -0.39 is 0 Å². The van der Waals surface area contributed by atoms with Gasteiger partial charge in [-0.2, -0.15) is 0 Å². The number of hydrogen-bond donors (Lipinski definition) is 1. The Kier molecular flexibility index (Phi) is 5.73. The Hall–Kier alpha value is -0.120. The average Bonchev–Trinajstić information content (AvgIpc) is 2.23. The van der Waals surface area contributed by atoms with E-state index in [4.69, 9.17) is 11.6 Å². The molecule has 90 valence electrons. The van der Waals surface area contributed by atoms with Gasteiger partial charge in [0.05, 0.1) is 0 Å². The molecule has 4 heteroatoms. The van der Waals surface area contributed by atoms with Crippen molar-refractivity contribution in [3.63, 3.8) is 0 Å². The first-order chi connectivity index (χ1) is 7.52. The summed E-state index contributed by atoms with van der Waals surface area (Å²) in [5.74, 6) is 0.809. The molecule has 0 aliphatic carbocycles. The normalized spacial score (nSPS) is 14.8. The molecular weight excluding hydrogens is 292 g/mol. The molecule has 1 aromatic rings. The SMILES string of the molecule is CC(CCl)C(C)NCc1cc(F)cc(Br)c1. The lowest BCUT2D eigenvalue weighted by Gasteiger charge is -2.19. The van der Waals surface area contributed by atoms with Gasteiger partial charge in [-0.1, -0.05) is 22.9 Å². The average molecular weight is 309 g/mol. The summed E-state index contributed by atoms with van der Waals surface area (Å²) in [6, 6.07) is 5.22. The van der Waals surface area contributed by atoms with Gasteiger partial charge in [0.25, 0.3) is 0 Å². The number of hydrogen-bond acceptors (Lipinski definition) is 1. The van der Waals surface area contributed by atoms with Crippen molar-refractivity contribution in [2.24, 2.45) is 5.92 Å². The molecule has 0 fully saturated rings. The summed E-state index contributed by atoms with van der Waals surface area (Å²) in [6.07, 6.45) is 0. The minimum atomic E-state index is -0.218. The smallest absolute Gasteiger partial charge is 0.124 e. The zero-order valence-electron chi connectivity index (χ0n) is 9.43. The number of benzene rings is 1. The van der Waals surface area contributed by atoms with Gasteiger partial charge in [0.1, 0.15) is 5.82 Å². The van der Waals surface area contributed by atoms with E-state index in [2.05, 4.69) is 35.1 Å². The van der Waals surface area contributed by atoms with E-state index in [-0.39, 0.29) is 5.82 Å². The van der Waals surface area contributed by atoms with Crippen molar-refractivity contribution in [2.75, 3.05) is 5.88 Å². The number of halogens is 3. The van der Waals surface area contributed by atoms with Crippen molar-refractivity contribution >= 4 is 27.5 Å². The Morgan fingerprint density at radius 2 is 2.06 bits per heavy atom. The lowest BCUT2D eigenvalue weighted by atomic mass is 10.1. The topological polar surface area (TPSA) is 12.0 Å². The third-order valence-electron chi connectivity index (χ3n) is 2.65. The minimum Gasteiger partial charge on any atom is -0.310 e. The van der Waals surface area contributed by atoms with Crippen LogP contribution in [0.1, 0.15) is 19.4 Å². The van der Waals surface area contributed by atoms with E-state index in [1.807, 2.05) is 6.07 Å². The fraction of sp³-hybridized carbons (Fsp3) is 0.500. The molecular formula is C12H16BrClFN. The lowest BCUT2D eigenvalue weighted by Crippen LogP contribution is -2.32. The highest BCUT2D eigenvalue weighted by atomic mass is 79.9. The Morgan fingerprint density at radius 1 is 1.38 bits per heavy atom. The summed E-state index contributed by atoms with van der Waals surface area (Å²) in [5, 5.41) is 3.33. The van der Waals surface area contributed by atoms with Gasteiger partial charge in [-0.25, -0.2) is 4.39 Å². The van der Waals surface area contributed by atoms with Crippen molar-refractivity contribution in [3.05, 3.63) is 34.1 Å². The Morgan fingerprint density at radius 3 is 2.62 bits per heavy atom. The molecule has 0 heterocycles. The molecule has 0 saturated heterocycles. The Labute approximate surface area is 110 Å². The van der Waals surface area contributed by atoms with Gasteiger partial charge in [0.15, 0.2) is 0 Å². The molecule has 16 heavy (non-hydrogen) atoms. The van der Waals surface area contributed by atoms with E-state index >= 15 is 0 Å². The minimum absolute atomic E-state index is 0.218. The molecule has 2 unspecified atom stereocenters. The zero-order valence-corrected chi connectivity index (χ0v) is 11.8. The third kappa shape index (κ3) is 4.40. The summed E-state index contributed by atoms with van der Waals surface area (Å²) in [6.45, 7) is 4.83. The van der Waals surface area contributed by atoms with Gasteiger partial charge in [0, 0.05) is 22.9 Å². The summed E-state index contributed by atoms with van der Waals surface area (Å²) < 4.78 is 13.9. The zero-order chi connectivity index (χ0) is 12.1. The van der Waals surface area contributed by atoms with E-state index in [0.29, 0.717) is 24.4 Å². The lowest BCUT2D eigenvalue weighted by molar-refractivity contribution is 0.429. The predicted molar refractivity (Wildman–Crippen MR) is 70.3 cm³/mol. The molecule has 1 nitrogen and oxygen atoms in total. The van der Waals surface area contributed by atoms with Gasteiger partial charge in [0.2, 0.25) is 0 Å². The first kappa shape index (κ1) is 13.9. The first-order valence-electron chi connectivity index (χ1n) is 5.27. The fourth-order valence-corrected chi connectivity index (χ4v) is 2.11. The summed E-state index contributed by atoms with van der Waals surface area (Å²) in [7, 11) is 0. The maximum absolute atomic E-state index is 13.1. The number of rotatable bonds is 5. The maximum atomic E-state index is 13.1. The molecule has 2 atom stereocenters. The van der Waals surface area contributed by atoms with Crippen LogP contribution in [0, 0.1) is 11.7 Å². The van der Waals surface area contributed by atoms with Crippen LogP contribution in [0.2, 0.25) is 0 Å². The molecule has 0 amide bonds. The highest BCUT2D eigenvalue weighted by molar-refractivity contribution is 9.10. The first-order valence-corrected chi connectivity index (χ1v) is 6.60. The molecule has 1 N–H and O–H groups in total. The third-order valence-corrected chi connectivity index (χ3v) is 3.59. The second-order valence-corrected chi connectivity index (χ2v) is 5.30. The molecule has 0 aromatic heterocycles. The van der Waals surface area contributed by atoms with Gasteiger partial charge in [-0.3, -0.25) is 0 Å². The van der Waals surface area contributed by atoms with Crippen LogP contribution in [0.15, 0.2) is 22.7 Å². The number of alkyl halides is 1.